The molecule has 2 saturated heterocycles. The topological polar surface area (TPSA) is 95.0 Å². The van der Waals surface area contributed by atoms with Crippen LogP contribution in [0.4, 0.5) is 0 Å². The van der Waals surface area contributed by atoms with E-state index in [9.17, 15) is 14.7 Å². The highest BCUT2D eigenvalue weighted by Crippen LogP contribution is 2.26. The van der Waals surface area contributed by atoms with Crippen molar-refractivity contribution in [3.8, 4) is 5.75 Å². The third-order valence-electron chi connectivity index (χ3n) is 10.6. The molecule has 2 aliphatic heterocycles. The van der Waals surface area contributed by atoms with E-state index in [1.54, 1.807) is 6.20 Å². The summed E-state index contributed by atoms with van der Waals surface area (Å²) in [5, 5.41) is 15.3. The largest absolute Gasteiger partial charge is 0.490 e. The molecular formula is C43H54N4O4. The Kier molecular flexibility index (Phi) is 13.5. The van der Waals surface area contributed by atoms with E-state index in [0.717, 1.165) is 75.2 Å². The lowest BCUT2D eigenvalue weighted by Gasteiger charge is -2.40. The predicted molar refractivity (Wildman–Crippen MR) is 202 cm³/mol. The highest BCUT2D eigenvalue weighted by atomic mass is 16.5. The number of carbonyl (C=O) groups is 2. The van der Waals surface area contributed by atoms with E-state index in [1.807, 2.05) is 47.4 Å². The molecule has 2 atom stereocenters. The van der Waals surface area contributed by atoms with Crippen LogP contribution >= 0.6 is 0 Å². The maximum absolute atomic E-state index is 13.9. The second-order valence-electron chi connectivity index (χ2n) is 14.4. The number of benzene rings is 3. The summed E-state index contributed by atoms with van der Waals surface area (Å²) in [6, 6.07) is 30.6. The Bertz CT molecular complexity index is 1610. The van der Waals surface area contributed by atoms with Crippen molar-refractivity contribution in [2.45, 2.75) is 88.8 Å². The van der Waals surface area contributed by atoms with Gasteiger partial charge in [-0.3, -0.25) is 19.5 Å². The molecule has 0 spiro atoms. The minimum atomic E-state index is -0.729. The van der Waals surface area contributed by atoms with Crippen LogP contribution in [-0.4, -0.2) is 82.7 Å². The van der Waals surface area contributed by atoms with Crippen molar-refractivity contribution in [1.82, 2.24) is 20.1 Å². The first-order chi connectivity index (χ1) is 25.0. The number of rotatable bonds is 16. The molecule has 51 heavy (non-hydrogen) atoms. The highest BCUT2D eigenvalue weighted by molar-refractivity contribution is 5.85. The summed E-state index contributed by atoms with van der Waals surface area (Å²) in [5.41, 5.74) is 3.52. The number of carbonyl (C=O) groups excluding carboxylic acids is 2. The number of pyridine rings is 1. The summed E-state index contributed by atoms with van der Waals surface area (Å²) in [6.45, 7) is 2.49. The van der Waals surface area contributed by atoms with Gasteiger partial charge < -0.3 is 20.1 Å². The van der Waals surface area contributed by atoms with Gasteiger partial charge in [-0.15, -0.1) is 0 Å². The van der Waals surface area contributed by atoms with E-state index >= 15 is 0 Å². The van der Waals surface area contributed by atoms with Gasteiger partial charge in [-0.25, -0.2) is 0 Å². The van der Waals surface area contributed by atoms with Crippen molar-refractivity contribution < 1.29 is 19.4 Å². The molecule has 0 bridgehead atoms. The zero-order chi connectivity index (χ0) is 35.3. The SMILES string of the molecule is O=C(NC(CCCc1ccccc1)CCCc1ccccc1)C1CCN(C(=O)C2CCCCN2C[C@@H](O)COc2cccc3ncccc23)CC1. The van der Waals surface area contributed by atoms with Crippen LogP contribution in [0, 0.1) is 5.92 Å². The minimum Gasteiger partial charge on any atom is -0.490 e. The molecule has 270 valence electrons. The quantitative estimate of drug-likeness (QED) is 0.138. The monoisotopic (exact) mass is 690 g/mol. The lowest BCUT2D eigenvalue weighted by molar-refractivity contribution is -0.142. The molecule has 2 aliphatic rings. The van der Waals surface area contributed by atoms with Crippen molar-refractivity contribution in [2.24, 2.45) is 5.92 Å². The molecule has 2 N–H and O–H groups in total. The van der Waals surface area contributed by atoms with Gasteiger partial charge in [0, 0.05) is 43.2 Å². The van der Waals surface area contributed by atoms with Crippen LogP contribution in [-0.2, 0) is 22.4 Å². The number of hydrogen-bond donors (Lipinski definition) is 2. The van der Waals surface area contributed by atoms with Gasteiger partial charge in [0.15, 0.2) is 0 Å². The molecule has 1 unspecified atom stereocenters. The summed E-state index contributed by atoms with van der Waals surface area (Å²) in [4.78, 5) is 35.9. The molecule has 2 amide bonds. The molecule has 0 saturated carbocycles. The van der Waals surface area contributed by atoms with Gasteiger partial charge in [-0.2, -0.15) is 0 Å². The molecule has 3 heterocycles. The summed E-state index contributed by atoms with van der Waals surface area (Å²) < 4.78 is 6.03. The van der Waals surface area contributed by atoms with Gasteiger partial charge >= 0.3 is 0 Å². The number of piperidine rings is 2. The van der Waals surface area contributed by atoms with E-state index in [2.05, 4.69) is 63.7 Å². The van der Waals surface area contributed by atoms with E-state index in [1.165, 1.54) is 11.1 Å². The molecular weight excluding hydrogens is 636 g/mol. The molecule has 6 rings (SSSR count). The number of likely N-dealkylation sites (tertiary alicyclic amines) is 2. The molecule has 8 heteroatoms. The molecule has 0 radical (unpaired) electrons. The average molecular weight is 691 g/mol. The number of nitrogens with zero attached hydrogens (tertiary/aromatic N) is 3. The van der Waals surface area contributed by atoms with Gasteiger partial charge in [0.2, 0.25) is 11.8 Å². The Balaban J connectivity index is 0.973. The normalized spacial score (nSPS) is 17.8. The Morgan fingerprint density at radius 3 is 2.18 bits per heavy atom. The molecule has 0 aliphatic carbocycles. The van der Waals surface area contributed by atoms with E-state index < -0.39 is 6.10 Å². The molecule has 2 fully saturated rings. The molecule has 8 nitrogen and oxygen atoms in total. The Hall–Kier alpha value is -4.27. The summed E-state index contributed by atoms with van der Waals surface area (Å²) in [6.07, 6.45) is 11.2. The number of aliphatic hydroxyl groups is 1. The van der Waals surface area contributed by atoms with Crippen LogP contribution in [0.15, 0.2) is 97.2 Å². The zero-order valence-electron chi connectivity index (χ0n) is 29.9. The van der Waals surface area contributed by atoms with E-state index in [0.29, 0.717) is 38.2 Å². The van der Waals surface area contributed by atoms with E-state index in [4.69, 9.17) is 4.74 Å². The van der Waals surface area contributed by atoms with Gasteiger partial charge in [0.1, 0.15) is 18.5 Å². The fourth-order valence-corrected chi connectivity index (χ4v) is 7.77. The number of ether oxygens (including phenoxy) is 1. The van der Waals surface area contributed by atoms with Crippen LogP contribution in [0.3, 0.4) is 0 Å². The van der Waals surface area contributed by atoms with Crippen LogP contribution in [0.2, 0.25) is 0 Å². The lowest BCUT2D eigenvalue weighted by atomic mass is 9.93. The lowest BCUT2D eigenvalue weighted by Crippen LogP contribution is -2.55. The summed E-state index contributed by atoms with van der Waals surface area (Å²) in [5.74, 6) is 0.881. The molecule has 3 aromatic carbocycles. The standard InChI is InChI=1S/C43H54N4O4/c48-37(32-51-41-24-11-22-39-38(41)21-12-27-44-39)31-47-28-8-7-23-40(47)43(50)46-29-25-35(26-30-46)42(49)45-36(19-9-17-33-13-3-1-4-14-33)20-10-18-34-15-5-2-6-16-34/h1-6,11-16,21-22,24,27,35-37,40,48H,7-10,17-20,23,25-26,28-32H2,(H,45,49)/t37-,40?/m1/s1. The summed E-state index contributed by atoms with van der Waals surface area (Å²) in [7, 11) is 0. The van der Waals surface area contributed by atoms with Crippen molar-refractivity contribution in [3.05, 3.63) is 108 Å². The van der Waals surface area contributed by atoms with Gasteiger partial charge in [0.05, 0.1) is 11.6 Å². The second-order valence-corrected chi connectivity index (χ2v) is 14.4. The fourth-order valence-electron chi connectivity index (χ4n) is 7.77. The fraction of sp³-hybridized carbons (Fsp3) is 0.465. The Labute approximate surface area is 303 Å². The van der Waals surface area contributed by atoms with Crippen LogP contribution in [0.1, 0.15) is 68.9 Å². The number of hydrogen-bond acceptors (Lipinski definition) is 6. The highest BCUT2D eigenvalue weighted by Gasteiger charge is 2.36. The number of aryl methyl sites for hydroxylation is 2. The van der Waals surface area contributed by atoms with Gasteiger partial charge in [0.25, 0.3) is 0 Å². The molecule has 1 aromatic heterocycles. The van der Waals surface area contributed by atoms with Crippen molar-refractivity contribution in [2.75, 3.05) is 32.8 Å². The first kappa shape index (κ1) is 36.5. The summed E-state index contributed by atoms with van der Waals surface area (Å²) >= 11 is 0. The number of β-amino-alcohol motifs (C(OH)–C–C–N with tert-alkyl or cyclic N) is 1. The first-order valence-electron chi connectivity index (χ1n) is 19.1. The minimum absolute atomic E-state index is 0.0782. The maximum Gasteiger partial charge on any atom is 0.239 e. The number of fused-ring (bicyclic) bond motifs is 1. The zero-order valence-corrected chi connectivity index (χ0v) is 29.9. The number of nitrogens with one attached hydrogen (secondary N) is 1. The van der Waals surface area contributed by atoms with Gasteiger partial charge in [-0.05, 0) is 106 Å². The maximum atomic E-state index is 13.9. The van der Waals surface area contributed by atoms with Crippen molar-refractivity contribution >= 4 is 22.7 Å². The number of aromatic nitrogens is 1. The third-order valence-corrected chi connectivity index (χ3v) is 10.6. The Morgan fingerprint density at radius 1 is 0.804 bits per heavy atom. The smallest absolute Gasteiger partial charge is 0.239 e. The van der Waals surface area contributed by atoms with Crippen LogP contribution < -0.4 is 10.1 Å². The van der Waals surface area contributed by atoms with Crippen LogP contribution in [0.25, 0.3) is 10.9 Å². The van der Waals surface area contributed by atoms with Crippen LogP contribution in [0.5, 0.6) is 5.75 Å². The van der Waals surface area contributed by atoms with Crippen molar-refractivity contribution in [3.63, 3.8) is 0 Å². The predicted octanol–water partition coefficient (Wildman–Crippen LogP) is 6.60. The second kappa shape index (κ2) is 18.8. The van der Waals surface area contributed by atoms with E-state index in [-0.39, 0.29) is 36.4 Å². The average Bonchev–Trinajstić information content (AvgIpc) is 3.18. The van der Waals surface area contributed by atoms with Crippen molar-refractivity contribution in [1.29, 1.82) is 0 Å². The number of amides is 2. The number of aliphatic hydroxyl groups excluding tert-OH is 1. The third kappa shape index (κ3) is 10.6. The first-order valence-corrected chi connectivity index (χ1v) is 19.1. The molecule has 4 aromatic rings. The van der Waals surface area contributed by atoms with Gasteiger partial charge in [-0.1, -0.05) is 73.2 Å². The Morgan fingerprint density at radius 2 is 1.49 bits per heavy atom.